The van der Waals surface area contributed by atoms with Crippen LogP contribution >= 0.6 is 0 Å². The molecule has 1 rings (SSSR count). The van der Waals surface area contributed by atoms with Crippen molar-refractivity contribution >= 4 is 5.96 Å². The van der Waals surface area contributed by atoms with Crippen LogP contribution in [0.3, 0.4) is 0 Å². The highest BCUT2D eigenvalue weighted by molar-refractivity contribution is 5.79. The van der Waals surface area contributed by atoms with E-state index in [1.165, 1.54) is 12.8 Å². The van der Waals surface area contributed by atoms with Crippen LogP contribution in [0.15, 0.2) is 4.99 Å². The molecule has 0 amide bonds. The Kier molecular flexibility index (Phi) is 3.54. The lowest BCUT2D eigenvalue weighted by atomic mass is 10.3. The Labute approximate surface area is 80.0 Å². The van der Waals surface area contributed by atoms with Crippen LogP contribution in [0.5, 0.6) is 0 Å². The summed E-state index contributed by atoms with van der Waals surface area (Å²) in [7, 11) is 0. The first-order valence-corrected chi connectivity index (χ1v) is 4.98. The van der Waals surface area contributed by atoms with Gasteiger partial charge in [0.2, 0.25) is 5.96 Å². The molecule has 2 atom stereocenters. The Hall–Kier alpha value is -0.770. The van der Waals surface area contributed by atoms with Crippen LogP contribution in [0.1, 0.15) is 33.6 Å². The smallest absolute Gasteiger partial charge is 0.206 e. The lowest BCUT2D eigenvalue weighted by Crippen LogP contribution is -2.44. The molecule has 0 bridgehead atoms. The number of nitrogens with two attached hydrogens (primary N) is 1. The van der Waals surface area contributed by atoms with Gasteiger partial charge in [0.25, 0.3) is 0 Å². The molecule has 0 aromatic heterocycles. The third kappa shape index (κ3) is 3.22. The third-order valence-electron chi connectivity index (χ3n) is 2.27. The molecule has 13 heavy (non-hydrogen) atoms. The van der Waals surface area contributed by atoms with Gasteiger partial charge in [-0.25, -0.2) is 10.8 Å². The molecule has 1 saturated carbocycles. The summed E-state index contributed by atoms with van der Waals surface area (Å²) in [6.45, 7) is 6.33. The van der Waals surface area contributed by atoms with Gasteiger partial charge in [-0.2, -0.15) is 0 Å². The maximum atomic E-state index is 5.34. The SMILES string of the molecule is CCC1CC1N=C(NN)NC(C)C. The largest absolute Gasteiger partial charge is 0.353 e. The van der Waals surface area contributed by atoms with E-state index in [0.29, 0.717) is 12.1 Å². The minimum absolute atomic E-state index is 0.369. The predicted molar refractivity (Wildman–Crippen MR) is 55.2 cm³/mol. The summed E-state index contributed by atoms with van der Waals surface area (Å²) in [5.41, 5.74) is 2.59. The van der Waals surface area contributed by atoms with Gasteiger partial charge in [-0.3, -0.25) is 5.43 Å². The number of guanidine groups is 1. The first-order valence-electron chi connectivity index (χ1n) is 4.98. The van der Waals surface area contributed by atoms with E-state index in [4.69, 9.17) is 5.84 Å². The van der Waals surface area contributed by atoms with Crippen molar-refractivity contribution < 1.29 is 0 Å². The van der Waals surface area contributed by atoms with E-state index in [1.807, 2.05) is 0 Å². The number of hydrazine groups is 1. The second-order valence-corrected chi connectivity index (χ2v) is 3.89. The van der Waals surface area contributed by atoms with Crippen molar-refractivity contribution in [1.82, 2.24) is 10.7 Å². The Morgan fingerprint density at radius 2 is 2.31 bits per heavy atom. The van der Waals surface area contributed by atoms with Crippen molar-refractivity contribution in [3.63, 3.8) is 0 Å². The summed E-state index contributed by atoms with van der Waals surface area (Å²) in [5, 5.41) is 3.16. The molecule has 0 spiro atoms. The van der Waals surface area contributed by atoms with Crippen LogP contribution in [-0.2, 0) is 0 Å². The number of hydrogen-bond donors (Lipinski definition) is 3. The number of hydrogen-bond acceptors (Lipinski definition) is 2. The minimum Gasteiger partial charge on any atom is -0.353 e. The van der Waals surface area contributed by atoms with Gasteiger partial charge in [0, 0.05) is 6.04 Å². The lowest BCUT2D eigenvalue weighted by molar-refractivity contribution is 0.693. The summed E-state index contributed by atoms with van der Waals surface area (Å²) >= 11 is 0. The fourth-order valence-corrected chi connectivity index (χ4v) is 1.38. The molecule has 0 saturated heterocycles. The number of rotatable bonds is 3. The van der Waals surface area contributed by atoms with Crippen LogP contribution in [0, 0.1) is 5.92 Å². The molecule has 4 nitrogen and oxygen atoms in total. The Morgan fingerprint density at radius 1 is 1.62 bits per heavy atom. The summed E-state index contributed by atoms with van der Waals surface area (Å²) in [4.78, 5) is 4.47. The average Bonchev–Trinajstić information content (AvgIpc) is 2.81. The molecular formula is C9H20N4. The number of nitrogens with one attached hydrogen (secondary N) is 2. The van der Waals surface area contributed by atoms with Gasteiger partial charge in [0.1, 0.15) is 0 Å². The molecule has 0 radical (unpaired) electrons. The first kappa shape index (κ1) is 10.3. The molecule has 1 aliphatic rings. The molecule has 1 fully saturated rings. The van der Waals surface area contributed by atoms with E-state index in [9.17, 15) is 0 Å². The fraction of sp³-hybridized carbons (Fsp3) is 0.889. The molecule has 76 valence electrons. The van der Waals surface area contributed by atoms with E-state index in [0.717, 1.165) is 11.9 Å². The van der Waals surface area contributed by atoms with Crippen LogP contribution in [0.2, 0.25) is 0 Å². The molecule has 0 aromatic carbocycles. The van der Waals surface area contributed by atoms with Gasteiger partial charge in [-0.05, 0) is 26.2 Å². The molecule has 4 N–H and O–H groups in total. The minimum atomic E-state index is 0.369. The van der Waals surface area contributed by atoms with Crippen molar-refractivity contribution in [2.45, 2.75) is 45.7 Å². The predicted octanol–water partition coefficient (Wildman–Crippen LogP) is 0.602. The lowest BCUT2D eigenvalue weighted by Gasteiger charge is -2.11. The van der Waals surface area contributed by atoms with E-state index in [1.54, 1.807) is 0 Å². The number of nitrogens with zero attached hydrogens (tertiary/aromatic N) is 1. The van der Waals surface area contributed by atoms with Gasteiger partial charge >= 0.3 is 0 Å². The van der Waals surface area contributed by atoms with Crippen molar-refractivity contribution in [3.8, 4) is 0 Å². The van der Waals surface area contributed by atoms with Crippen molar-refractivity contribution in [3.05, 3.63) is 0 Å². The van der Waals surface area contributed by atoms with E-state index >= 15 is 0 Å². The van der Waals surface area contributed by atoms with Crippen molar-refractivity contribution in [1.29, 1.82) is 0 Å². The molecule has 1 aliphatic carbocycles. The summed E-state index contributed by atoms with van der Waals surface area (Å²) < 4.78 is 0. The molecule has 2 unspecified atom stereocenters. The Bertz CT molecular complexity index is 188. The van der Waals surface area contributed by atoms with Gasteiger partial charge < -0.3 is 5.32 Å². The monoisotopic (exact) mass is 184 g/mol. The van der Waals surface area contributed by atoms with Crippen LogP contribution in [0.25, 0.3) is 0 Å². The van der Waals surface area contributed by atoms with E-state index in [-0.39, 0.29) is 0 Å². The molecule has 4 heteroatoms. The first-order chi connectivity index (χ1) is 6.17. The molecule has 0 aromatic rings. The van der Waals surface area contributed by atoms with E-state index < -0.39 is 0 Å². The van der Waals surface area contributed by atoms with Crippen LogP contribution in [-0.4, -0.2) is 18.0 Å². The maximum Gasteiger partial charge on any atom is 0.206 e. The second kappa shape index (κ2) is 4.46. The zero-order chi connectivity index (χ0) is 9.84. The van der Waals surface area contributed by atoms with Crippen LogP contribution < -0.4 is 16.6 Å². The average molecular weight is 184 g/mol. The maximum absolute atomic E-state index is 5.34. The standard InChI is InChI=1S/C9H20N4/c1-4-7-5-8(7)12-9(13-10)11-6(2)3/h6-8H,4-5,10H2,1-3H3,(H2,11,12,13). The van der Waals surface area contributed by atoms with Gasteiger partial charge in [0.05, 0.1) is 6.04 Å². The Morgan fingerprint density at radius 3 is 2.69 bits per heavy atom. The highest BCUT2D eigenvalue weighted by Crippen LogP contribution is 2.36. The second-order valence-electron chi connectivity index (χ2n) is 3.89. The third-order valence-corrected chi connectivity index (χ3v) is 2.27. The molecule has 0 heterocycles. The van der Waals surface area contributed by atoms with Crippen LogP contribution in [0.4, 0.5) is 0 Å². The van der Waals surface area contributed by atoms with Crippen molar-refractivity contribution in [2.24, 2.45) is 16.8 Å². The van der Waals surface area contributed by atoms with Gasteiger partial charge in [0.15, 0.2) is 0 Å². The summed E-state index contributed by atoms with van der Waals surface area (Å²) in [6, 6.07) is 0.857. The zero-order valence-corrected chi connectivity index (χ0v) is 8.67. The Balaban J connectivity index is 2.37. The highest BCUT2D eigenvalue weighted by atomic mass is 15.3. The molecule has 0 aliphatic heterocycles. The molecular weight excluding hydrogens is 164 g/mol. The summed E-state index contributed by atoms with van der Waals surface area (Å²) in [6.07, 6.45) is 2.43. The number of aliphatic imine (C=N–C) groups is 1. The normalized spacial score (nSPS) is 27.6. The van der Waals surface area contributed by atoms with Gasteiger partial charge in [-0.15, -0.1) is 0 Å². The zero-order valence-electron chi connectivity index (χ0n) is 8.67. The fourth-order valence-electron chi connectivity index (χ4n) is 1.38. The van der Waals surface area contributed by atoms with E-state index in [2.05, 4.69) is 36.5 Å². The van der Waals surface area contributed by atoms with Crippen molar-refractivity contribution in [2.75, 3.05) is 0 Å². The highest BCUT2D eigenvalue weighted by Gasteiger charge is 2.35. The summed E-state index contributed by atoms with van der Waals surface area (Å²) in [5.74, 6) is 6.83. The van der Waals surface area contributed by atoms with Gasteiger partial charge in [-0.1, -0.05) is 13.3 Å². The quantitative estimate of drug-likeness (QED) is 0.260. The topological polar surface area (TPSA) is 62.4 Å².